The van der Waals surface area contributed by atoms with Gasteiger partial charge in [0.25, 0.3) is 0 Å². The van der Waals surface area contributed by atoms with Crippen LogP contribution in [0.3, 0.4) is 0 Å². The minimum atomic E-state index is 0.624. The number of rotatable bonds is 6. The quantitative estimate of drug-likeness (QED) is 0.171. The molecule has 3 aromatic heterocycles. The maximum atomic E-state index is 6.75. The zero-order valence-corrected chi connectivity index (χ0v) is 30.9. The van der Waals surface area contributed by atoms with Crippen LogP contribution >= 0.6 is 11.3 Å². The van der Waals surface area contributed by atoms with Gasteiger partial charge in [-0.3, -0.25) is 0 Å². The Hall–Kier alpha value is -7.21. The van der Waals surface area contributed by atoms with Crippen molar-refractivity contribution in [3.05, 3.63) is 188 Å². The molecule has 0 unspecified atom stereocenters. The summed E-state index contributed by atoms with van der Waals surface area (Å²) >= 11 is 1.84. The molecule has 0 amide bonds. The Morgan fingerprint density at radius 1 is 0.339 bits per heavy atom. The van der Waals surface area contributed by atoms with Crippen LogP contribution in [0.5, 0.6) is 0 Å². The summed E-state index contributed by atoms with van der Waals surface area (Å²) in [5, 5.41) is 4.73. The molecule has 11 rings (SSSR count). The molecule has 0 aliphatic rings. The van der Waals surface area contributed by atoms with Crippen molar-refractivity contribution >= 4 is 53.4 Å². The molecule has 3 heterocycles. The highest BCUT2D eigenvalue weighted by Gasteiger charge is 2.18. The average molecular weight is 734 g/mol. The van der Waals surface area contributed by atoms with Crippen molar-refractivity contribution in [2.24, 2.45) is 0 Å². The normalized spacial score (nSPS) is 11.6. The van der Waals surface area contributed by atoms with Gasteiger partial charge in [-0.1, -0.05) is 158 Å². The minimum absolute atomic E-state index is 0.624. The number of thiophene rings is 1. The van der Waals surface area contributed by atoms with E-state index in [1.807, 2.05) is 72.0 Å². The fraction of sp³-hybridized carbons (Fsp3) is 0. The lowest BCUT2D eigenvalue weighted by Gasteiger charge is -2.10. The van der Waals surface area contributed by atoms with Crippen molar-refractivity contribution in [3.8, 4) is 67.5 Å². The Kier molecular flexibility index (Phi) is 7.64. The average Bonchev–Trinajstić information content (AvgIpc) is 3.85. The molecule has 56 heavy (non-hydrogen) atoms. The van der Waals surface area contributed by atoms with Gasteiger partial charge in [0.15, 0.2) is 17.5 Å². The third-order valence-corrected chi connectivity index (χ3v) is 11.7. The molecular weight excluding hydrogens is 703 g/mol. The van der Waals surface area contributed by atoms with Gasteiger partial charge >= 0.3 is 0 Å². The van der Waals surface area contributed by atoms with E-state index < -0.39 is 0 Å². The molecule has 4 nitrogen and oxygen atoms in total. The van der Waals surface area contributed by atoms with Gasteiger partial charge < -0.3 is 4.42 Å². The van der Waals surface area contributed by atoms with E-state index in [0.29, 0.717) is 17.5 Å². The summed E-state index contributed by atoms with van der Waals surface area (Å²) in [6.07, 6.45) is 0. The summed E-state index contributed by atoms with van der Waals surface area (Å²) in [6, 6.07) is 65.6. The summed E-state index contributed by atoms with van der Waals surface area (Å²) in [5.41, 5.74) is 11.4. The fourth-order valence-electron chi connectivity index (χ4n) is 7.83. The summed E-state index contributed by atoms with van der Waals surface area (Å²) in [7, 11) is 0. The highest BCUT2D eigenvalue weighted by atomic mass is 32.1. The molecule has 0 bridgehead atoms. The second-order valence-electron chi connectivity index (χ2n) is 14.0. The number of nitrogens with zero attached hydrogens (tertiary/aromatic N) is 3. The largest absolute Gasteiger partial charge is 0.455 e. The van der Waals surface area contributed by atoms with Crippen LogP contribution < -0.4 is 0 Å². The molecule has 0 saturated carbocycles. The fourth-order valence-corrected chi connectivity index (χ4v) is 8.96. The highest BCUT2D eigenvalue weighted by Crippen LogP contribution is 2.43. The molecule has 5 heteroatoms. The van der Waals surface area contributed by atoms with Crippen LogP contribution in [0.25, 0.3) is 110 Å². The molecule has 0 spiro atoms. The predicted molar refractivity (Wildman–Crippen MR) is 233 cm³/mol. The first kappa shape index (κ1) is 32.2. The summed E-state index contributed by atoms with van der Waals surface area (Å²) < 4.78 is 9.30. The minimum Gasteiger partial charge on any atom is -0.455 e. The number of hydrogen-bond acceptors (Lipinski definition) is 5. The van der Waals surface area contributed by atoms with Crippen LogP contribution in [0.1, 0.15) is 0 Å². The van der Waals surface area contributed by atoms with Crippen molar-refractivity contribution in [2.75, 3.05) is 0 Å². The van der Waals surface area contributed by atoms with E-state index in [9.17, 15) is 0 Å². The third-order valence-electron chi connectivity index (χ3n) is 10.5. The number of benzene rings is 8. The highest BCUT2D eigenvalue weighted by molar-refractivity contribution is 7.25. The summed E-state index contributed by atoms with van der Waals surface area (Å²) in [5.74, 6) is 1.90. The zero-order valence-electron chi connectivity index (χ0n) is 30.1. The van der Waals surface area contributed by atoms with Gasteiger partial charge in [-0.05, 0) is 58.1 Å². The Labute approximate surface area is 327 Å². The van der Waals surface area contributed by atoms with Crippen LogP contribution in [0.4, 0.5) is 0 Å². The second kappa shape index (κ2) is 13.3. The number of para-hydroxylation sites is 1. The van der Waals surface area contributed by atoms with Crippen LogP contribution in [-0.4, -0.2) is 15.0 Å². The lowest BCUT2D eigenvalue weighted by Crippen LogP contribution is -2.00. The van der Waals surface area contributed by atoms with Crippen molar-refractivity contribution in [1.82, 2.24) is 15.0 Å². The first-order chi connectivity index (χ1) is 27.7. The Morgan fingerprint density at radius 3 is 1.64 bits per heavy atom. The van der Waals surface area contributed by atoms with Crippen LogP contribution in [0, 0.1) is 0 Å². The van der Waals surface area contributed by atoms with Crippen molar-refractivity contribution < 1.29 is 4.42 Å². The number of furan rings is 1. The van der Waals surface area contributed by atoms with Crippen molar-refractivity contribution in [1.29, 1.82) is 0 Å². The monoisotopic (exact) mass is 733 g/mol. The Morgan fingerprint density at radius 2 is 0.911 bits per heavy atom. The number of aromatic nitrogens is 3. The van der Waals surface area contributed by atoms with E-state index in [2.05, 4.69) is 127 Å². The molecule has 0 atom stereocenters. The maximum Gasteiger partial charge on any atom is 0.164 e. The first-order valence-electron chi connectivity index (χ1n) is 18.7. The lowest BCUT2D eigenvalue weighted by atomic mass is 9.96. The molecule has 0 N–H and O–H groups in total. The SMILES string of the molecule is c1ccc(-c2ccc3sc4cc(-c5cccc6c5oc5cccc(-c7cccc(-c8nc(-c9ccccc9)nc(-c9ccccc9)n8)c7)c56)ccc4c3c2)cc1. The van der Waals surface area contributed by atoms with E-state index in [0.717, 1.165) is 60.9 Å². The standard InChI is InChI=1S/C51H31N3OS/c1-4-13-32(14-5-1)35-26-28-45-43(30-35)41-27-25-37(31-46(41)56-45)40-22-11-23-42-47-39(21-12-24-44(47)55-48(40)42)36-19-10-20-38(29-36)51-53-49(33-15-6-2-7-16-33)52-50(54-51)34-17-8-3-9-18-34/h1-31H. The molecule has 0 fully saturated rings. The smallest absolute Gasteiger partial charge is 0.164 e. The summed E-state index contributed by atoms with van der Waals surface area (Å²) in [6.45, 7) is 0. The van der Waals surface area contributed by atoms with Gasteiger partial charge in [-0.2, -0.15) is 0 Å². The molecule has 0 saturated heterocycles. The van der Waals surface area contributed by atoms with Gasteiger partial charge in [0.05, 0.1) is 0 Å². The van der Waals surface area contributed by atoms with E-state index in [-0.39, 0.29) is 0 Å². The summed E-state index contributed by atoms with van der Waals surface area (Å²) in [4.78, 5) is 14.9. The van der Waals surface area contributed by atoms with Gasteiger partial charge in [0, 0.05) is 53.2 Å². The van der Waals surface area contributed by atoms with Crippen molar-refractivity contribution in [3.63, 3.8) is 0 Å². The molecule has 262 valence electrons. The van der Waals surface area contributed by atoms with Gasteiger partial charge in [-0.15, -0.1) is 11.3 Å². The van der Waals surface area contributed by atoms with Crippen LogP contribution in [0.2, 0.25) is 0 Å². The molecule has 8 aromatic carbocycles. The number of hydrogen-bond donors (Lipinski definition) is 0. The number of fused-ring (bicyclic) bond motifs is 6. The Balaban J connectivity index is 1.01. The van der Waals surface area contributed by atoms with Gasteiger partial charge in [0.2, 0.25) is 0 Å². The first-order valence-corrected chi connectivity index (χ1v) is 19.5. The van der Waals surface area contributed by atoms with Crippen LogP contribution in [-0.2, 0) is 0 Å². The van der Waals surface area contributed by atoms with E-state index in [4.69, 9.17) is 19.4 Å². The van der Waals surface area contributed by atoms with Crippen LogP contribution in [0.15, 0.2) is 192 Å². The third kappa shape index (κ3) is 5.56. The van der Waals surface area contributed by atoms with Gasteiger partial charge in [-0.25, -0.2) is 15.0 Å². The van der Waals surface area contributed by atoms with Gasteiger partial charge in [0.1, 0.15) is 11.2 Å². The lowest BCUT2D eigenvalue weighted by molar-refractivity contribution is 0.670. The van der Waals surface area contributed by atoms with E-state index >= 15 is 0 Å². The van der Waals surface area contributed by atoms with E-state index in [1.54, 1.807) is 0 Å². The Bertz CT molecular complexity index is 3180. The predicted octanol–water partition coefficient (Wildman–Crippen LogP) is 14.1. The molecular formula is C51H31N3OS. The second-order valence-corrected chi connectivity index (χ2v) is 15.1. The zero-order chi connectivity index (χ0) is 37.0. The van der Waals surface area contributed by atoms with E-state index in [1.165, 1.54) is 31.3 Å². The van der Waals surface area contributed by atoms with Crippen molar-refractivity contribution in [2.45, 2.75) is 0 Å². The molecule has 11 aromatic rings. The molecule has 0 aliphatic carbocycles. The topological polar surface area (TPSA) is 51.8 Å². The maximum absolute atomic E-state index is 6.75. The molecule has 0 radical (unpaired) electrons. The molecule has 0 aliphatic heterocycles.